The van der Waals surface area contributed by atoms with Crippen LogP contribution in [-0.2, 0) is 0 Å². The molecule has 0 spiro atoms. The van der Waals surface area contributed by atoms with Crippen molar-refractivity contribution in [1.29, 1.82) is 0 Å². The van der Waals surface area contributed by atoms with Gasteiger partial charge in [-0.1, -0.05) is 0 Å². The summed E-state index contributed by atoms with van der Waals surface area (Å²) in [7, 11) is 0. The van der Waals surface area contributed by atoms with Gasteiger partial charge in [-0.15, -0.1) is 0 Å². The quantitative estimate of drug-likeness (QED) is 0.321. The second kappa shape index (κ2) is 340. The first-order valence-corrected chi connectivity index (χ1v) is 0. The molecule has 0 radical (unpaired) electrons. The molecule has 0 aromatic heterocycles. The average molecular weight is 10900 g/mol. The molecule has 0 aliphatic carbocycles. The molecule has 0 saturated carbocycles. The van der Waals surface area contributed by atoms with E-state index in [9.17, 15) is 0 Å². The SMILES string of the molecule is [U].[U].[U].[U].[U].[U].[U].[U].[U].[U].[U].[U].[U].[U].[U].[U].[U].[U].[U].[U].[U].[U].[U].[U].[U].[U].[U].[U].[U].[U].[U].[U].[U].[U].[U].[U].[U].[U].[U].[U].[U].[U].[U].[U].[U].[U]. The molecule has 0 aromatic carbocycles. The van der Waals surface area contributed by atoms with Crippen molar-refractivity contribution < 1.29 is 1430 Å². The van der Waals surface area contributed by atoms with Crippen LogP contribution in [0.1, 0.15) is 0 Å². The molecule has 0 unspecified atom stereocenters. The molecule has 0 aliphatic rings. The minimum absolute atomic E-state index is 0. The molecule has 0 aromatic rings. The molecular weight excluding hydrogens is 10900 g/mol. The molecule has 0 aliphatic heterocycles. The molecule has 46 heteroatoms. The fourth-order valence-corrected chi connectivity index (χ4v) is 0. The first-order valence-electron chi connectivity index (χ1n) is 0. The van der Waals surface area contributed by atoms with Gasteiger partial charge in [0, 0.05) is 1430 Å². The standard InChI is InChI=1S/46U. The first-order chi connectivity index (χ1) is 0. The van der Waals surface area contributed by atoms with Crippen LogP contribution in [0.4, 0.5) is 0 Å². The van der Waals surface area contributed by atoms with E-state index in [4.69, 9.17) is 0 Å². The van der Waals surface area contributed by atoms with Crippen molar-refractivity contribution >= 4 is 0 Å². The molecule has 0 N–H and O–H groups in total. The summed E-state index contributed by atoms with van der Waals surface area (Å²) in [5.41, 5.74) is 0. The van der Waals surface area contributed by atoms with Crippen LogP contribution in [0.5, 0.6) is 0 Å². The summed E-state index contributed by atoms with van der Waals surface area (Å²) in [4.78, 5) is 0. The Morgan fingerprint density at radius 3 is 0.0217 bits per heavy atom. The number of hydrogen-bond acceptors (Lipinski definition) is 0. The van der Waals surface area contributed by atoms with Crippen molar-refractivity contribution in [3.8, 4) is 0 Å². The molecule has 0 atom stereocenters. The van der Waals surface area contributed by atoms with Gasteiger partial charge in [-0.25, -0.2) is 0 Å². The Morgan fingerprint density at radius 1 is 0.0217 bits per heavy atom. The largest absolute Gasteiger partial charge is 0 e. The molecule has 0 nitrogen and oxygen atoms in total. The Morgan fingerprint density at radius 2 is 0.0217 bits per heavy atom. The van der Waals surface area contributed by atoms with E-state index in [0.717, 1.165) is 0 Å². The van der Waals surface area contributed by atoms with Gasteiger partial charge in [0.1, 0.15) is 0 Å². The normalized spacial score (nSPS) is 0. The van der Waals surface area contributed by atoms with Crippen molar-refractivity contribution in [3.05, 3.63) is 0 Å². The summed E-state index contributed by atoms with van der Waals surface area (Å²) < 4.78 is 0. The third-order valence-electron chi connectivity index (χ3n) is 0. The van der Waals surface area contributed by atoms with Crippen molar-refractivity contribution in [2.24, 2.45) is 0 Å². The summed E-state index contributed by atoms with van der Waals surface area (Å²) in [5, 5.41) is 0. The second-order valence-electron chi connectivity index (χ2n) is 0. The molecule has 0 fully saturated rings. The van der Waals surface area contributed by atoms with Gasteiger partial charge >= 0.3 is 0 Å². The predicted octanol–water partition coefficient (Wildman–Crippen LogP) is 0. The van der Waals surface area contributed by atoms with Gasteiger partial charge in [0.25, 0.3) is 0 Å². The van der Waals surface area contributed by atoms with Crippen LogP contribution in [0.2, 0.25) is 0 Å². The van der Waals surface area contributed by atoms with Crippen LogP contribution in [-0.4, -0.2) is 0 Å². The molecule has 184 valence electrons. The van der Waals surface area contributed by atoms with E-state index in [1.807, 2.05) is 0 Å². The zero-order valence-electron chi connectivity index (χ0n) is 23.0. The maximum Gasteiger partial charge on any atom is 0 e. The Kier molecular flexibility index (Phi) is 2600. The van der Waals surface area contributed by atoms with Crippen LogP contribution in [0.15, 0.2) is 0 Å². The van der Waals surface area contributed by atoms with Crippen LogP contribution < -0.4 is 0 Å². The Hall–Kier alpha value is 48.4. The summed E-state index contributed by atoms with van der Waals surface area (Å²) in [6, 6.07) is 0. The summed E-state index contributed by atoms with van der Waals surface area (Å²) in [6.45, 7) is 0. The molecule has 0 bridgehead atoms. The van der Waals surface area contributed by atoms with Crippen molar-refractivity contribution in [1.82, 2.24) is 0 Å². The Labute approximate surface area is 1380 Å². The van der Waals surface area contributed by atoms with Crippen molar-refractivity contribution in [2.75, 3.05) is 0 Å². The summed E-state index contributed by atoms with van der Waals surface area (Å²) in [6.07, 6.45) is 0. The topological polar surface area (TPSA) is 0 Å². The van der Waals surface area contributed by atoms with E-state index in [1.54, 1.807) is 0 Å². The fraction of sp³-hybridized carbons (Fsp3) is 0. The zero-order chi connectivity index (χ0) is 0. The van der Waals surface area contributed by atoms with Gasteiger partial charge < -0.3 is 0 Å². The van der Waals surface area contributed by atoms with E-state index in [0.29, 0.717) is 0 Å². The minimum Gasteiger partial charge on any atom is 0 e. The van der Waals surface area contributed by atoms with E-state index >= 15 is 0 Å². The first kappa shape index (κ1) is 352. The molecule has 0 heterocycles. The molecule has 0 amide bonds. The molecule has 46 heavy (non-hydrogen) atoms. The van der Waals surface area contributed by atoms with Crippen molar-refractivity contribution in [3.63, 3.8) is 0 Å². The Balaban J connectivity index is 0. The van der Waals surface area contributed by atoms with Crippen molar-refractivity contribution in [2.45, 2.75) is 0 Å². The van der Waals surface area contributed by atoms with Crippen LogP contribution in [0.3, 0.4) is 0 Å². The van der Waals surface area contributed by atoms with E-state index in [2.05, 4.69) is 0 Å². The summed E-state index contributed by atoms with van der Waals surface area (Å²) >= 11 is 0. The third kappa shape index (κ3) is 330. The van der Waals surface area contributed by atoms with Gasteiger partial charge in [0.05, 0.1) is 0 Å². The van der Waals surface area contributed by atoms with Gasteiger partial charge in [0.2, 0.25) is 0 Å². The smallest absolute Gasteiger partial charge is 0 e. The molecular formula is U46. The van der Waals surface area contributed by atoms with Gasteiger partial charge in [-0.3, -0.25) is 0 Å². The van der Waals surface area contributed by atoms with E-state index < -0.39 is 0 Å². The predicted molar refractivity (Wildman–Crippen MR) is 0 cm³/mol. The fourth-order valence-electron chi connectivity index (χ4n) is 0. The van der Waals surface area contributed by atoms with Gasteiger partial charge in [-0.2, -0.15) is 0 Å². The second-order valence-corrected chi connectivity index (χ2v) is 0. The minimum atomic E-state index is 0. The third-order valence-corrected chi connectivity index (χ3v) is 0. The van der Waals surface area contributed by atoms with Gasteiger partial charge in [-0.05, 0) is 0 Å². The van der Waals surface area contributed by atoms with Gasteiger partial charge in [0.15, 0.2) is 0 Å². The van der Waals surface area contributed by atoms with E-state index in [-0.39, 0.29) is 1430 Å². The molecule has 0 saturated heterocycles. The monoisotopic (exact) mass is 11000 g/mol. The maximum atomic E-state index is 0. The van der Waals surface area contributed by atoms with Crippen LogP contribution in [0.25, 0.3) is 0 Å². The number of hydrogen-bond donors (Lipinski definition) is 0. The maximum absolute atomic E-state index is 0. The molecule has 0 rings (SSSR count). The number of rotatable bonds is 0. The van der Waals surface area contributed by atoms with Crippen LogP contribution in [0, 0.1) is 1430 Å². The van der Waals surface area contributed by atoms with E-state index in [1.165, 1.54) is 0 Å². The zero-order valence-corrected chi connectivity index (χ0v) is 215. The average Bonchev–Trinajstić information content (AvgIpc) is 0. The summed E-state index contributed by atoms with van der Waals surface area (Å²) in [5.74, 6) is 0. The Bertz CT molecular complexity index is 0. The van der Waals surface area contributed by atoms with Crippen LogP contribution >= 0.6 is 0 Å².